The Morgan fingerprint density at radius 2 is 1.41 bits per heavy atom. The van der Waals surface area contributed by atoms with Crippen LogP contribution < -0.4 is 10.0 Å². The second-order valence-electron chi connectivity index (χ2n) is 7.18. The summed E-state index contributed by atoms with van der Waals surface area (Å²) >= 11 is 0. The Hall–Kier alpha value is -3.12. The summed E-state index contributed by atoms with van der Waals surface area (Å²) < 4.78 is 27.6. The number of benzene rings is 3. The summed E-state index contributed by atoms with van der Waals surface area (Å²) in [5.74, 6) is -0.236. The minimum atomic E-state index is -3.68. The fraction of sp³-hybridized carbons (Fsp3) is 0.174. The molecule has 0 aliphatic heterocycles. The van der Waals surface area contributed by atoms with Gasteiger partial charge in [0.15, 0.2) is 0 Å². The zero-order valence-electron chi connectivity index (χ0n) is 16.9. The van der Waals surface area contributed by atoms with Crippen LogP contribution in [0, 0.1) is 27.7 Å². The van der Waals surface area contributed by atoms with Crippen molar-refractivity contribution in [1.82, 2.24) is 0 Å². The zero-order valence-corrected chi connectivity index (χ0v) is 17.7. The van der Waals surface area contributed by atoms with Crippen molar-refractivity contribution >= 4 is 27.3 Å². The van der Waals surface area contributed by atoms with Crippen LogP contribution in [0.4, 0.5) is 11.4 Å². The van der Waals surface area contributed by atoms with Crippen LogP contribution in [-0.4, -0.2) is 14.3 Å². The predicted molar refractivity (Wildman–Crippen MR) is 117 cm³/mol. The molecule has 2 N–H and O–H groups in total. The van der Waals surface area contributed by atoms with Gasteiger partial charge in [-0.2, -0.15) is 0 Å². The number of amides is 1. The van der Waals surface area contributed by atoms with Crippen molar-refractivity contribution < 1.29 is 13.2 Å². The number of rotatable bonds is 5. The number of hydrogen-bond acceptors (Lipinski definition) is 3. The molecule has 3 aromatic rings. The lowest BCUT2D eigenvalue weighted by Crippen LogP contribution is -2.16. The number of aryl methyl sites for hydroxylation is 4. The van der Waals surface area contributed by atoms with E-state index >= 15 is 0 Å². The molecular weight excluding hydrogens is 384 g/mol. The monoisotopic (exact) mass is 408 g/mol. The average molecular weight is 409 g/mol. The van der Waals surface area contributed by atoms with Crippen LogP contribution >= 0.6 is 0 Å². The van der Waals surface area contributed by atoms with Gasteiger partial charge in [0.2, 0.25) is 0 Å². The summed E-state index contributed by atoms with van der Waals surface area (Å²) in [5.41, 5.74) is 5.50. The van der Waals surface area contributed by atoms with Crippen LogP contribution in [0.1, 0.15) is 32.6 Å². The SMILES string of the molecule is Cc1cc(C)c(NC(=O)c2ccc(NS(=O)(=O)c3ccccc3)c(C)c2)c(C)c1. The molecule has 1 amide bonds. The predicted octanol–water partition coefficient (Wildman–Crippen LogP) is 4.97. The first-order valence-electron chi connectivity index (χ1n) is 9.25. The molecule has 3 aromatic carbocycles. The lowest BCUT2D eigenvalue weighted by Gasteiger charge is -2.14. The van der Waals surface area contributed by atoms with E-state index in [0.29, 0.717) is 16.8 Å². The molecule has 0 aliphatic rings. The molecule has 0 aliphatic carbocycles. The topological polar surface area (TPSA) is 75.3 Å². The van der Waals surface area contributed by atoms with Gasteiger partial charge in [-0.3, -0.25) is 9.52 Å². The van der Waals surface area contributed by atoms with E-state index in [4.69, 9.17) is 0 Å². The molecule has 5 nitrogen and oxygen atoms in total. The molecule has 150 valence electrons. The first-order valence-corrected chi connectivity index (χ1v) is 10.7. The van der Waals surface area contributed by atoms with Crippen LogP contribution in [0.2, 0.25) is 0 Å². The quantitative estimate of drug-likeness (QED) is 0.626. The van der Waals surface area contributed by atoms with E-state index in [1.807, 2.05) is 32.9 Å². The summed E-state index contributed by atoms with van der Waals surface area (Å²) in [7, 11) is -3.68. The molecule has 0 bridgehead atoms. The van der Waals surface area contributed by atoms with Gasteiger partial charge in [0.25, 0.3) is 15.9 Å². The minimum absolute atomic E-state index is 0.187. The van der Waals surface area contributed by atoms with Crippen molar-refractivity contribution in [3.8, 4) is 0 Å². The van der Waals surface area contributed by atoms with Gasteiger partial charge in [-0.15, -0.1) is 0 Å². The van der Waals surface area contributed by atoms with Crippen LogP contribution in [-0.2, 0) is 10.0 Å². The molecule has 0 unspecified atom stereocenters. The average Bonchev–Trinajstić information content (AvgIpc) is 2.66. The number of hydrogen-bond donors (Lipinski definition) is 2. The van der Waals surface area contributed by atoms with Gasteiger partial charge < -0.3 is 5.32 Å². The Labute approximate surface area is 171 Å². The van der Waals surface area contributed by atoms with Gasteiger partial charge in [0.1, 0.15) is 0 Å². The third-order valence-corrected chi connectivity index (χ3v) is 6.08. The standard InChI is InChI=1S/C23H24N2O3S/c1-15-12-17(3)22(18(4)13-15)24-23(26)19-10-11-21(16(2)14-19)25-29(27,28)20-8-6-5-7-9-20/h5-14,25H,1-4H3,(H,24,26). The second-order valence-corrected chi connectivity index (χ2v) is 8.86. The Morgan fingerprint density at radius 1 is 0.793 bits per heavy atom. The molecule has 0 saturated heterocycles. The van der Waals surface area contributed by atoms with Crippen molar-refractivity contribution in [2.24, 2.45) is 0 Å². The summed E-state index contributed by atoms with van der Waals surface area (Å²) in [6.07, 6.45) is 0. The maximum atomic E-state index is 12.7. The fourth-order valence-corrected chi connectivity index (χ4v) is 4.44. The lowest BCUT2D eigenvalue weighted by atomic mass is 10.0. The van der Waals surface area contributed by atoms with Crippen LogP contribution in [0.25, 0.3) is 0 Å². The summed E-state index contributed by atoms with van der Waals surface area (Å²) in [4.78, 5) is 12.9. The van der Waals surface area contributed by atoms with Gasteiger partial charge in [0.05, 0.1) is 10.6 Å². The van der Waals surface area contributed by atoms with E-state index in [1.165, 1.54) is 12.1 Å². The minimum Gasteiger partial charge on any atom is -0.322 e. The van der Waals surface area contributed by atoms with E-state index in [0.717, 1.165) is 22.4 Å². The lowest BCUT2D eigenvalue weighted by molar-refractivity contribution is 0.102. The molecule has 0 radical (unpaired) electrons. The first kappa shape index (κ1) is 20.6. The van der Waals surface area contributed by atoms with Gasteiger partial charge in [-0.25, -0.2) is 8.42 Å². The van der Waals surface area contributed by atoms with Crippen LogP contribution in [0.15, 0.2) is 65.6 Å². The fourth-order valence-electron chi connectivity index (χ4n) is 3.29. The van der Waals surface area contributed by atoms with E-state index in [2.05, 4.69) is 10.0 Å². The van der Waals surface area contributed by atoms with Crippen molar-refractivity contribution in [2.75, 3.05) is 10.0 Å². The number of carbonyl (C=O) groups is 1. The molecule has 0 fully saturated rings. The van der Waals surface area contributed by atoms with Gasteiger partial charge in [-0.05, 0) is 74.7 Å². The van der Waals surface area contributed by atoms with E-state index < -0.39 is 10.0 Å². The Kier molecular flexibility index (Phi) is 5.75. The highest BCUT2D eigenvalue weighted by Crippen LogP contribution is 2.24. The smallest absolute Gasteiger partial charge is 0.261 e. The summed E-state index contributed by atoms with van der Waals surface area (Å²) in [6, 6.07) is 17.1. The van der Waals surface area contributed by atoms with Crippen molar-refractivity contribution in [2.45, 2.75) is 32.6 Å². The van der Waals surface area contributed by atoms with Gasteiger partial charge in [0, 0.05) is 11.3 Å². The molecule has 0 aromatic heterocycles. The summed E-state index contributed by atoms with van der Waals surface area (Å²) in [6.45, 7) is 7.71. The number of carbonyl (C=O) groups excluding carboxylic acids is 1. The molecular formula is C23H24N2O3S. The van der Waals surface area contributed by atoms with Crippen molar-refractivity contribution in [3.05, 3.63) is 88.5 Å². The zero-order chi connectivity index (χ0) is 21.2. The normalized spacial score (nSPS) is 11.2. The molecule has 0 heterocycles. The summed E-state index contributed by atoms with van der Waals surface area (Å²) in [5, 5.41) is 2.97. The molecule has 0 atom stereocenters. The Bertz CT molecular complexity index is 1150. The largest absolute Gasteiger partial charge is 0.322 e. The maximum absolute atomic E-state index is 12.7. The van der Waals surface area contributed by atoms with Crippen LogP contribution in [0.3, 0.4) is 0 Å². The molecule has 0 saturated carbocycles. The highest BCUT2D eigenvalue weighted by Gasteiger charge is 2.16. The van der Waals surface area contributed by atoms with E-state index in [1.54, 1.807) is 43.3 Å². The maximum Gasteiger partial charge on any atom is 0.261 e. The van der Waals surface area contributed by atoms with Gasteiger partial charge >= 0.3 is 0 Å². The third-order valence-electron chi connectivity index (χ3n) is 4.70. The molecule has 3 rings (SSSR count). The van der Waals surface area contributed by atoms with E-state index in [9.17, 15) is 13.2 Å². The van der Waals surface area contributed by atoms with Crippen molar-refractivity contribution in [1.29, 1.82) is 0 Å². The van der Waals surface area contributed by atoms with Crippen LogP contribution in [0.5, 0.6) is 0 Å². The molecule has 0 spiro atoms. The highest BCUT2D eigenvalue weighted by molar-refractivity contribution is 7.92. The molecule has 29 heavy (non-hydrogen) atoms. The van der Waals surface area contributed by atoms with Gasteiger partial charge in [-0.1, -0.05) is 35.9 Å². The number of sulfonamides is 1. The number of anilines is 2. The Balaban J connectivity index is 1.82. The number of nitrogens with one attached hydrogen (secondary N) is 2. The first-order chi connectivity index (χ1) is 13.7. The van der Waals surface area contributed by atoms with E-state index in [-0.39, 0.29) is 10.8 Å². The molecule has 6 heteroatoms. The second kappa shape index (κ2) is 8.09. The van der Waals surface area contributed by atoms with Crippen molar-refractivity contribution in [3.63, 3.8) is 0 Å². The highest BCUT2D eigenvalue weighted by atomic mass is 32.2. The Morgan fingerprint density at radius 3 is 2.00 bits per heavy atom. The third kappa shape index (κ3) is 4.66.